The van der Waals surface area contributed by atoms with Crippen LogP contribution < -0.4 is 34.0 Å². The van der Waals surface area contributed by atoms with Crippen molar-refractivity contribution in [3.63, 3.8) is 0 Å². The molecule has 0 amide bonds. The highest BCUT2D eigenvalue weighted by Gasteiger charge is 2.11. The van der Waals surface area contributed by atoms with Gasteiger partial charge >= 0.3 is 0 Å². The van der Waals surface area contributed by atoms with Crippen molar-refractivity contribution in [2.24, 2.45) is 17.6 Å². The van der Waals surface area contributed by atoms with Crippen molar-refractivity contribution in [1.82, 2.24) is 10.2 Å². The molecule has 0 saturated heterocycles. The Morgan fingerprint density at radius 3 is 1.67 bits per heavy atom. The number of allylic oxidation sites excluding steroid dienone is 3. The molecule has 0 fully saturated rings. The van der Waals surface area contributed by atoms with E-state index in [1.54, 1.807) is 0 Å². The molecule has 1 atom stereocenters. The number of unbranched alkanes of at least 4 members (excludes halogenated alkanes) is 3. The molecule has 11 N–H and O–H groups in total. The maximum absolute atomic E-state index is 8.81. The van der Waals surface area contributed by atoms with E-state index < -0.39 is 0 Å². The summed E-state index contributed by atoms with van der Waals surface area (Å²) in [7, 11) is 4.11. The summed E-state index contributed by atoms with van der Waals surface area (Å²) in [5, 5.41) is 4.40. The summed E-state index contributed by atoms with van der Waals surface area (Å²) >= 11 is 1.33. The molecule has 0 radical (unpaired) electrons. The molecule has 0 aliphatic rings. The number of hydrogen-bond acceptors (Lipinski definition) is 9. The van der Waals surface area contributed by atoms with Gasteiger partial charge in [0.2, 0.25) is 0 Å². The normalized spacial score (nSPS) is 11.5. The third-order valence-electron chi connectivity index (χ3n) is 8.98. The van der Waals surface area contributed by atoms with Crippen molar-refractivity contribution < 1.29 is 4.79 Å². The molecule has 0 aliphatic carbocycles. The second-order valence-electron chi connectivity index (χ2n) is 13.4. The smallest absolute Gasteiger partial charge is 0.116 e. The third kappa shape index (κ3) is 28.4. The number of thiophene rings is 1. The Labute approximate surface area is 325 Å². The van der Waals surface area contributed by atoms with E-state index in [2.05, 4.69) is 83.9 Å². The van der Waals surface area contributed by atoms with Crippen LogP contribution in [0.25, 0.3) is 0 Å². The Morgan fingerprint density at radius 1 is 0.808 bits per heavy atom. The molecule has 0 spiro atoms. The van der Waals surface area contributed by atoms with Crippen molar-refractivity contribution in [1.29, 1.82) is 0 Å². The summed E-state index contributed by atoms with van der Waals surface area (Å²) < 4.78 is 0. The standard InChI is InChI=1S/C17H35N3.C10H15N.C9H20.C5H9N3S.C2H4O/c1-6-9-10-15(7-2)14-20(5)17(8-3)12-11-16(18)13-19-4;1-2-3-4-9-5-7-10(11)8-6-9;1-4-7-8-9(5-2)6-3;1-2-3(6)5(8)9-4(2)7;1-2-3/h11-12,15,19H,6-10,13-14,18H2,1-5H3;5-8H,2-4,11H2,1H3;9H,4-8H2,1-3H3;6-8H2,1H3;2H,1H3/b16-11+,17-12+;;;;. The Hall–Kier alpha value is -3.17. The van der Waals surface area contributed by atoms with Crippen LogP contribution in [-0.4, -0.2) is 38.4 Å². The van der Waals surface area contributed by atoms with E-state index in [0.29, 0.717) is 15.7 Å². The summed E-state index contributed by atoms with van der Waals surface area (Å²) in [4.78, 5) is 11.2. The van der Waals surface area contributed by atoms with Gasteiger partial charge in [-0.1, -0.05) is 130 Å². The second kappa shape index (κ2) is 36.2. The maximum atomic E-state index is 8.81. The van der Waals surface area contributed by atoms with Gasteiger partial charge in [0.25, 0.3) is 0 Å². The topological polar surface area (TPSA) is 162 Å². The van der Waals surface area contributed by atoms with Crippen LogP contribution in [0.5, 0.6) is 0 Å². The number of nitrogens with two attached hydrogens (primary N) is 5. The molecule has 2 rings (SSSR count). The summed E-state index contributed by atoms with van der Waals surface area (Å²) in [5.74, 6) is 1.80. The van der Waals surface area contributed by atoms with Crippen LogP contribution in [0.3, 0.4) is 0 Å². The van der Waals surface area contributed by atoms with Gasteiger partial charge in [0, 0.05) is 42.8 Å². The Kier molecular flexibility index (Phi) is 37.0. The molecule has 1 heterocycles. The van der Waals surface area contributed by atoms with Crippen LogP contribution in [0.15, 0.2) is 47.8 Å². The molecule has 1 unspecified atom stereocenters. The predicted molar refractivity (Wildman–Crippen MR) is 238 cm³/mol. The van der Waals surface area contributed by atoms with Crippen LogP contribution in [0.4, 0.5) is 21.4 Å². The first-order valence-corrected chi connectivity index (χ1v) is 20.8. The van der Waals surface area contributed by atoms with Gasteiger partial charge in [-0.2, -0.15) is 0 Å². The average Bonchev–Trinajstić information content (AvgIpc) is 3.36. The molecule has 8 nitrogen and oxygen atoms in total. The largest absolute Gasteiger partial charge is 0.401 e. The molecular formula is C43H83N7OS. The van der Waals surface area contributed by atoms with E-state index in [4.69, 9.17) is 33.5 Å². The highest BCUT2D eigenvalue weighted by molar-refractivity contribution is 7.20. The molecule has 0 aliphatic heterocycles. The Balaban J connectivity index is -0.000000636. The number of nitrogen functional groups attached to an aromatic ring is 4. The predicted octanol–water partition coefficient (Wildman–Crippen LogP) is 10.7. The number of aldehydes is 1. The number of carbonyl (C=O) groups is 1. The van der Waals surface area contributed by atoms with E-state index in [-0.39, 0.29) is 0 Å². The van der Waals surface area contributed by atoms with Crippen molar-refractivity contribution in [2.75, 3.05) is 50.1 Å². The van der Waals surface area contributed by atoms with E-state index >= 15 is 0 Å². The van der Waals surface area contributed by atoms with Crippen LogP contribution in [-0.2, 0) is 11.2 Å². The minimum atomic E-state index is 0.616. The Morgan fingerprint density at radius 2 is 1.31 bits per heavy atom. The fourth-order valence-electron chi connectivity index (χ4n) is 5.23. The maximum Gasteiger partial charge on any atom is 0.116 e. The lowest BCUT2D eigenvalue weighted by Crippen LogP contribution is -2.25. The SMILES string of the molecule is CC=O.CCCCC(CC)CC.CCCCC(CC)CN(C)/C(=C/C=C(/N)CNC)CC.CCCCc1ccc(N)cc1.Cc1c(N)sc(N)c1N. The summed E-state index contributed by atoms with van der Waals surface area (Å²) in [6.07, 6.45) is 21.9. The zero-order valence-corrected chi connectivity index (χ0v) is 36.3. The second-order valence-corrected chi connectivity index (χ2v) is 14.4. The van der Waals surface area contributed by atoms with E-state index in [1.165, 1.54) is 107 Å². The molecule has 52 heavy (non-hydrogen) atoms. The molecule has 0 bridgehead atoms. The number of nitrogens with zero attached hydrogens (tertiary/aromatic N) is 1. The third-order valence-corrected chi connectivity index (χ3v) is 9.94. The number of carbonyl (C=O) groups excluding carboxylic acids is 1. The zero-order chi connectivity index (χ0) is 40.3. The number of benzene rings is 1. The lowest BCUT2D eigenvalue weighted by Gasteiger charge is -2.27. The monoisotopic (exact) mass is 746 g/mol. The molecule has 1 aromatic heterocycles. The summed E-state index contributed by atoms with van der Waals surface area (Å²) in [5.41, 5.74) is 33.9. The van der Waals surface area contributed by atoms with Gasteiger partial charge in [-0.3, -0.25) is 0 Å². The highest BCUT2D eigenvalue weighted by Crippen LogP contribution is 2.34. The van der Waals surface area contributed by atoms with Crippen molar-refractivity contribution in [2.45, 2.75) is 146 Å². The van der Waals surface area contributed by atoms with Gasteiger partial charge in [0.1, 0.15) is 11.3 Å². The first-order chi connectivity index (χ1) is 24.8. The zero-order valence-electron chi connectivity index (χ0n) is 35.5. The van der Waals surface area contributed by atoms with Crippen molar-refractivity contribution in [3.05, 3.63) is 58.9 Å². The van der Waals surface area contributed by atoms with Crippen LogP contribution in [0.2, 0.25) is 0 Å². The minimum Gasteiger partial charge on any atom is -0.401 e. The molecule has 0 saturated carbocycles. The van der Waals surface area contributed by atoms with Gasteiger partial charge < -0.3 is 43.7 Å². The van der Waals surface area contributed by atoms with Gasteiger partial charge in [-0.05, 0) is 88.3 Å². The highest BCUT2D eigenvalue weighted by atomic mass is 32.1. The number of likely N-dealkylation sites (N-methyl/N-ethyl adjacent to an activating group) is 1. The van der Waals surface area contributed by atoms with Crippen molar-refractivity contribution >= 4 is 39.0 Å². The fourth-order valence-corrected chi connectivity index (χ4v) is 5.99. The Bertz CT molecular complexity index is 1130. The number of anilines is 4. The molecular weight excluding hydrogens is 663 g/mol. The fraction of sp³-hybridized carbons (Fsp3) is 0.651. The van der Waals surface area contributed by atoms with Gasteiger partial charge in [0.05, 0.1) is 10.7 Å². The summed E-state index contributed by atoms with van der Waals surface area (Å²) in [6, 6.07) is 8.13. The quantitative estimate of drug-likeness (QED) is 0.0470. The first-order valence-electron chi connectivity index (χ1n) is 19.9. The minimum absolute atomic E-state index is 0.616. The molecule has 1 aromatic carbocycles. The van der Waals surface area contributed by atoms with Crippen LogP contribution >= 0.6 is 11.3 Å². The van der Waals surface area contributed by atoms with Gasteiger partial charge in [-0.25, -0.2) is 0 Å². The number of rotatable bonds is 19. The number of nitrogens with one attached hydrogen (secondary N) is 1. The first kappa shape index (κ1) is 53.2. The van der Waals surface area contributed by atoms with Gasteiger partial charge in [-0.15, -0.1) is 0 Å². The van der Waals surface area contributed by atoms with Crippen molar-refractivity contribution in [3.8, 4) is 0 Å². The van der Waals surface area contributed by atoms with Gasteiger partial charge in [0.15, 0.2) is 0 Å². The molecule has 9 heteroatoms. The molecule has 2 aromatic rings. The van der Waals surface area contributed by atoms with Crippen LogP contribution in [0.1, 0.15) is 144 Å². The lowest BCUT2D eigenvalue weighted by atomic mass is 9.97. The molecule has 302 valence electrons. The lowest BCUT2D eigenvalue weighted by molar-refractivity contribution is -0.106. The average molecular weight is 746 g/mol. The number of aryl methyl sites for hydroxylation is 1. The van der Waals surface area contributed by atoms with E-state index in [1.807, 2.05) is 32.2 Å². The number of hydrogen-bond donors (Lipinski definition) is 6. The van der Waals surface area contributed by atoms with E-state index in [9.17, 15) is 0 Å². The van der Waals surface area contributed by atoms with E-state index in [0.717, 1.165) is 54.6 Å². The summed E-state index contributed by atoms with van der Waals surface area (Å²) in [6.45, 7) is 21.0. The van der Waals surface area contributed by atoms with Crippen LogP contribution in [0, 0.1) is 18.8 Å².